The molecule has 0 unspecified atom stereocenters. The van der Waals surface area contributed by atoms with Gasteiger partial charge in [0.2, 0.25) is 5.39 Å². The van der Waals surface area contributed by atoms with Gasteiger partial charge in [-0.25, -0.2) is 0 Å². The molecule has 92 valence electrons. The van der Waals surface area contributed by atoms with E-state index in [1.807, 2.05) is 0 Å². The van der Waals surface area contributed by atoms with Crippen molar-refractivity contribution in [3.63, 3.8) is 0 Å². The summed E-state index contributed by atoms with van der Waals surface area (Å²) in [5.74, 6) is 0.590. The van der Waals surface area contributed by atoms with Crippen molar-refractivity contribution < 1.29 is 5.11 Å². The van der Waals surface area contributed by atoms with Crippen LogP contribution >= 0.6 is 0 Å². The Balaban J connectivity index is 2.90. The van der Waals surface area contributed by atoms with E-state index in [9.17, 15) is 5.11 Å². The van der Waals surface area contributed by atoms with Gasteiger partial charge in [0.1, 0.15) is 0 Å². The third kappa shape index (κ3) is 3.20. The van der Waals surface area contributed by atoms with Crippen LogP contribution in [0.15, 0.2) is 35.8 Å². The topological polar surface area (TPSA) is 48.4 Å². The maximum atomic E-state index is 9.67. The van der Waals surface area contributed by atoms with E-state index >= 15 is 0 Å². The SMILES string of the molecule is C=C(C)[C@@H]1CC=C(C)[C@](C)(C/C(O)=C\[N+]#N)C1. The first-order valence-corrected chi connectivity index (χ1v) is 5.94. The van der Waals surface area contributed by atoms with Gasteiger partial charge >= 0.3 is 6.20 Å². The van der Waals surface area contributed by atoms with Crippen LogP contribution in [0.4, 0.5) is 0 Å². The molecule has 0 saturated heterocycles. The molecule has 1 N–H and O–H groups in total. The highest BCUT2D eigenvalue weighted by Crippen LogP contribution is 2.45. The van der Waals surface area contributed by atoms with Crippen LogP contribution in [-0.4, -0.2) is 5.11 Å². The Morgan fingerprint density at radius 2 is 2.41 bits per heavy atom. The summed E-state index contributed by atoms with van der Waals surface area (Å²) in [4.78, 5) is 2.86. The van der Waals surface area contributed by atoms with Crippen molar-refractivity contribution in [1.29, 1.82) is 5.39 Å². The highest BCUT2D eigenvalue weighted by molar-refractivity contribution is 5.21. The van der Waals surface area contributed by atoms with Crippen LogP contribution in [0.5, 0.6) is 0 Å². The van der Waals surface area contributed by atoms with Gasteiger partial charge in [-0.2, -0.15) is 0 Å². The quantitative estimate of drug-likeness (QED) is 0.441. The molecular formula is C14H21N2O+. The van der Waals surface area contributed by atoms with E-state index in [2.05, 4.69) is 38.4 Å². The summed E-state index contributed by atoms with van der Waals surface area (Å²) in [5.41, 5.74) is 2.40. The first-order chi connectivity index (χ1) is 7.89. The molecule has 0 bridgehead atoms. The van der Waals surface area contributed by atoms with E-state index < -0.39 is 0 Å². The van der Waals surface area contributed by atoms with E-state index in [4.69, 9.17) is 5.39 Å². The van der Waals surface area contributed by atoms with Crippen LogP contribution in [-0.2, 0) is 0 Å². The predicted octanol–water partition coefficient (Wildman–Crippen LogP) is 4.57. The van der Waals surface area contributed by atoms with Gasteiger partial charge < -0.3 is 5.11 Å². The van der Waals surface area contributed by atoms with Gasteiger partial charge in [0.25, 0.3) is 0 Å². The second-order valence-corrected chi connectivity index (χ2v) is 5.34. The predicted molar refractivity (Wildman–Crippen MR) is 69.8 cm³/mol. The minimum Gasteiger partial charge on any atom is -0.505 e. The van der Waals surface area contributed by atoms with E-state index in [1.165, 1.54) is 11.1 Å². The van der Waals surface area contributed by atoms with E-state index in [0.29, 0.717) is 12.3 Å². The number of aliphatic hydroxyl groups is 1. The first-order valence-electron chi connectivity index (χ1n) is 5.94. The van der Waals surface area contributed by atoms with Crippen LogP contribution in [0.2, 0.25) is 0 Å². The Morgan fingerprint density at radius 3 is 2.94 bits per heavy atom. The highest BCUT2D eigenvalue weighted by Gasteiger charge is 2.34. The lowest BCUT2D eigenvalue weighted by Gasteiger charge is -2.38. The van der Waals surface area contributed by atoms with Gasteiger partial charge in [0.15, 0.2) is 10.7 Å². The smallest absolute Gasteiger partial charge is 0.387 e. The van der Waals surface area contributed by atoms with Crippen molar-refractivity contribution in [1.82, 2.24) is 0 Å². The molecular weight excluding hydrogens is 212 g/mol. The van der Waals surface area contributed by atoms with Crippen molar-refractivity contribution in [2.75, 3.05) is 0 Å². The van der Waals surface area contributed by atoms with Crippen molar-refractivity contribution in [3.8, 4) is 0 Å². The minimum atomic E-state index is -0.0762. The highest BCUT2D eigenvalue weighted by atomic mass is 16.3. The average molecular weight is 233 g/mol. The second kappa shape index (κ2) is 5.18. The fourth-order valence-electron chi connectivity index (χ4n) is 2.45. The molecule has 1 rings (SSSR count). The summed E-state index contributed by atoms with van der Waals surface area (Å²) in [5, 5.41) is 18.1. The average Bonchev–Trinajstić information content (AvgIpc) is 2.22. The van der Waals surface area contributed by atoms with Crippen LogP contribution in [0.1, 0.15) is 40.0 Å². The van der Waals surface area contributed by atoms with E-state index in [0.717, 1.165) is 19.0 Å². The molecule has 0 aromatic heterocycles. The van der Waals surface area contributed by atoms with Crippen molar-refractivity contribution in [3.05, 3.63) is 40.7 Å². The lowest BCUT2D eigenvalue weighted by molar-refractivity contribution is 0.245. The molecule has 2 atom stereocenters. The largest absolute Gasteiger partial charge is 0.505 e. The van der Waals surface area contributed by atoms with Gasteiger partial charge in [-0.15, -0.1) is 0 Å². The second-order valence-electron chi connectivity index (χ2n) is 5.34. The Kier molecular flexibility index (Phi) is 4.11. The summed E-state index contributed by atoms with van der Waals surface area (Å²) in [7, 11) is 0. The lowest BCUT2D eigenvalue weighted by Crippen LogP contribution is -2.27. The number of aliphatic hydroxyl groups excluding tert-OH is 1. The molecule has 17 heavy (non-hydrogen) atoms. The molecule has 0 radical (unpaired) electrons. The Bertz CT molecular complexity index is 414. The van der Waals surface area contributed by atoms with Crippen LogP contribution < -0.4 is 0 Å². The Morgan fingerprint density at radius 1 is 1.76 bits per heavy atom. The maximum Gasteiger partial charge on any atom is 0.387 e. The number of hydrogen-bond donors (Lipinski definition) is 1. The van der Waals surface area contributed by atoms with Gasteiger partial charge in [-0.05, 0) is 38.0 Å². The van der Waals surface area contributed by atoms with E-state index in [1.54, 1.807) is 0 Å². The zero-order chi connectivity index (χ0) is 13.1. The third-order valence-electron chi connectivity index (χ3n) is 3.83. The lowest BCUT2D eigenvalue weighted by atomic mass is 9.67. The van der Waals surface area contributed by atoms with Gasteiger partial charge in [0.05, 0.1) is 0 Å². The summed E-state index contributed by atoms with van der Waals surface area (Å²) in [6, 6.07) is 0. The van der Waals surface area contributed by atoms with E-state index in [-0.39, 0.29) is 11.2 Å². The first kappa shape index (κ1) is 13.5. The monoisotopic (exact) mass is 233 g/mol. The van der Waals surface area contributed by atoms with Crippen molar-refractivity contribution >= 4 is 0 Å². The molecule has 3 heteroatoms. The Hall–Kier alpha value is -1.56. The zero-order valence-corrected chi connectivity index (χ0v) is 10.9. The number of diazo groups is 1. The number of rotatable bonds is 3. The molecule has 0 saturated carbocycles. The summed E-state index contributed by atoms with van der Waals surface area (Å²) in [6.07, 6.45) is 5.85. The number of allylic oxidation sites excluding steroid dienone is 4. The molecule has 0 aliphatic heterocycles. The summed E-state index contributed by atoms with van der Waals surface area (Å²) < 4.78 is 0. The summed E-state index contributed by atoms with van der Waals surface area (Å²) in [6.45, 7) is 10.3. The summed E-state index contributed by atoms with van der Waals surface area (Å²) >= 11 is 0. The molecule has 0 heterocycles. The molecule has 0 aromatic rings. The number of hydrogen-bond acceptors (Lipinski definition) is 2. The fraction of sp³-hybridized carbons (Fsp3) is 0.571. The standard InChI is InChI=1S/C14H20N2O/c1-10(2)12-6-5-11(3)14(4,7-12)8-13(17)9-16-15/h5,9,12H,1,6-8H2,2-4H3/p+1/b13-9+/t12-,14+/m1/s1. The molecule has 0 aromatic carbocycles. The molecule has 3 nitrogen and oxygen atoms in total. The molecule has 0 spiro atoms. The van der Waals surface area contributed by atoms with Crippen LogP contribution in [0.3, 0.4) is 0 Å². The zero-order valence-electron chi connectivity index (χ0n) is 10.9. The van der Waals surface area contributed by atoms with Crippen molar-refractivity contribution in [2.24, 2.45) is 11.3 Å². The van der Waals surface area contributed by atoms with Gasteiger partial charge in [-0.1, -0.05) is 30.7 Å². The Labute approximate surface area is 103 Å². The maximum absolute atomic E-state index is 9.67. The third-order valence-corrected chi connectivity index (χ3v) is 3.83. The molecule has 1 aliphatic rings. The number of nitrogens with zero attached hydrogens (tertiary/aromatic N) is 2. The van der Waals surface area contributed by atoms with Crippen LogP contribution in [0.25, 0.3) is 4.98 Å². The minimum absolute atomic E-state index is 0.0762. The van der Waals surface area contributed by atoms with Gasteiger partial charge in [-0.3, -0.25) is 0 Å². The van der Waals surface area contributed by atoms with Crippen molar-refractivity contribution in [2.45, 2.75) is 40.0 Å². The normalized spacial score (nSPS) is 29.4. The van der Waals surface area contributed by atoms with Crippen LogP contribution in [0, 0.1) is 16.7 Å². The molecule has 1 aliphatic carbocycles. The fourth-order valence-corrected chi connectivity index (χ4v) is 2.45. The molecule has 0 fully saturated rings. The molecule has 0 amide bonds. The van der Waals surface area contributed by atoms with Gasteiger partial charge in [0, 0.05) is 6.42 Å².